The number of rotatable bonds is 5. The van der Waals surface area contributed by atoms with E-state index in [-0.39, 0.29) is 11.3 Å². The molecule has 1 fully saturated rings. The molecule has 1 aromatic rings. The Hall–Kier alpha value is -2.22. The number of allylic oxidation sites excluding steroid dienone is 2. The Labute approximate surface area is 143 Å². The highest BCUT2D eigenvalue weighted by atomic mass is 19.4. The molecule has 0 spiro atoms. The monoisotopic (exact) mass is 357 g/mol. The second kappa shape index (κ2) is 8.24. The van der Waals surface area contributed by atoms with Gasteiger partial charge in [-0.1, -0.05) is 0 Å². The Balaban J connectivity index is 2.38. The number of nitrogens with two attached hydrogens (primary N) is 1. The molecule has 0 atom stereocenters. The summed E-state index contributed by atoms with van der Waals surface area (Å²) in [5.41, 5.74) is 4.88. The van der Waals surface area contributed by atoms with E-state index in [2.05, 4.69) is 9.98 Å². The number of ether oxygens (including phenoxy) is 1. The van der Waals surface area contributed by atoms with E-state index in [1.54, 1.807) is 7.11 Å². The Morgan fingerprint density at radius 3 is 2.40 bits per heavy atom. The molecule has 0 aliphatic heterocycles. The first kappa shape index (κ1) is 19.1. The summed E-state index contributed by atoms with van der Waals surface area (Å²) in [5.74, 6) is -0.443. The van der Waals surface area contributed by atoms with Crippen molar-refractivity contribution in [3.63, 3.8) is 0 Å². The Morgan fingerprint density at radius 1 is 1.16 bits per heavy atom. The zero-order valence-corrected chi connectivity index (χ0v) is 13.7. The van der Waals surface area contributed by atoms with E-state index in [0.29, 0.717) is 43.8 Å². The molecule has 1 saturated carbocycles. The number of hydrogen-bond acceptors (Lipinski definition) is 4. The van der Waals surface area contributed by atoms with Crippen molar-refractivity contribution >= 4 is 17.1 Å². The van der Waals surface area contributed by atoms with Crippen LogP contribution in [0.2, 0.25) is 0 Å². The van der Waals surface area contributed by atoms with Crippen molar-refractivity contribution in [3.05, 3.63) is 41.4 Å². The molecular weight excluding hydrogens is 338 g/mol. The molecule has 136 valence electrons. The Bertz CT molecular complexity index is 691. The van der Waals surface area contributed by atoms with Gasteiger partial charge in [-0.3, -0.25) is 9.98 Å². The van der Waals surface area contributed by atoms with E-state index < -0.39 is 17.7 Å². The largest absolute Gasteiger partial charge is 0.431 e. The van der Waals surface area contributed by atoms with Crippen LogP contribution in [0.25, 0.3) is 0 Å². The van der Waals surface area contributed by atoms with Gasteiger partial charge in [0.05, 0.1) is 11.4 Å². The lowest BCUT2D eigenvalue weighted by molar-refractivity contribution is -0.0928. The van der Waals surface area contributed by atoms with Gasteiger partial charge < -0.3 is 10.5 Å². The van der Waals surface area contributed by atoms with Gasteiger partial charge in [0.1, 0.15) is 11.5 Å². The summed E-state index contributed by atoms with van der Waals surface area (Å²) in [4.78, 5) is 8.46. The van der Waals surface area contributed by atoms with Crippen LogP contribution in [0, 0.1) is 5.82 Å². The number of methoxy groups -OCH3 is 1. The van der Waals surface area contributed by atoms with Crippen LogP contribution < -0.4 is 5.73 Å². The minimum Gasteiger partial charge on any atom is -0.394 e. The number of halogens is 4. The maximum atomic E-state index is 13.1. The average Bonchev–Trinajstić information content (AvgIpc) is 2.94. The third-order valence-electron chi connectivity index (χ3n) is 3.65. The normalized spacial score (nSPS) is 20.5. The summed E-state index contributed by atoms with van der Waals surface area (Å²) >= 11 is 0. The van der Waals surface area contributed by atoms with Crippen molar-refractivity contribution in [1.82, 2.24) is 0 Å². The van der Waals surface area contributed by atoms with Gasteiger partial charge >= 0.3 is 6.18 Å². The fraction of sp³-hybridized carbons (Fsp3) is 0.412. The summed E-state index contributed by atoms with van der Waals surface area (Å²) in [6, 6.07) is 5.20. The Morgan fingerprint density at radius 2 is 1.80 bits per heavy atom. The minimum absolute atomic E-state index is 0.158. The fourth-order valence-corrected chi connectivity index (χ4v) is 2.47. The topological polar surface area (TPSA) is 60.0 Å². The van der Waals surface area contributed by atoms with Gasteiger partial charge in [0.15, 0.2) is 0 Å². The highest BCUT2D eigenvalue weighted by molar-refractivity contribution is 6.30. The average molecular weight is 357 g/mol. The van der Waals surface area contributed by atoms with Crippen molar-refractivity contribution in [1.29, 1.82) is 0 Å². The molecule has 2 N–H and O–H groups in total. The molecule has 0 saturated heterocycles. The third kappa shape index (κ3) is 5.12. The standard InChI is InChI=1S/C17H19F4N3O/c1-25-10-2-9-23-13-7-8-14(15(13)16(22)17(19,20)21)24-12-5-3-11(18)4-6-12/h3-6H,2,7-10,22H2,1H3/b16-15-,23-13?,24-14?. The molecule has 0 heterocycles. The minimum atomic E-state index is -4.67. The van der Waals surface area contributed by atoms with Crippen molar-refractivity contribution in [3.8, 4) is 0 Å². The molecule has 0 bridgehead atoms. The van der Waals surface area contributed by atoms with Crippen LogP contribution in [0.3, 0.4) is 0 Å². The quantitative estimate of drug-likeness (QED) is 0.641. The lowest BCUT2D eigenvalue weighted by Gasteiger charge is -2.12. The molecule has 8 heteroatoms. The zero-order valence-electron chi connectivity index (χ0n) is 13.7. The van der Waals surface area contributed by atoms with Gasteiger partial charge in [-0.25, -0.2) is 4.39 Å². The first-order valence-corrected chi connectivity index (χ1v) is 7.76. The van der Waals surface area contributed by atoms with Gasteiger partial charge in [-0.2, -0.15) is 13.2 Å². The second-order valence-corrected chi connectivity index (χ2v) is 5.50. The van der Waals surface area contributed by atoms with Crippen LogP contribution in [0.1, 0.15) is 19.3 Å². The van der Waals surface area contributed by atoms with Crippen LogP contribution in [0.4, 0.5) is 23.2 Å². The van der Waals surface area contributed by atoms with Crippen LogP contribution in [0.5, 0.6) is 0 Å². The summed E-state index contributed by atoms with van der Waals surface area (Å²) in [6.45, 7) is 0.822. The number of aliphatic imine (C=N–C) groups is 2. The molecule has 25 heavy (non-hydrogen) atoms. The van der Waals surface area contributed by atoms with E-state index in [0.717, 1.165) is 0 Å². The smallest absolute Gasteiger partial charge is 0.394 e. The first-order chi connectivity index (χ1) is 11.8. The SMILES string of the molecule is COCCCN=C1CCC(=Nc2ccc(F)cc2)/C1=C(\N)C(F)(F)F. The van der Waals surface area contributed by atoms with Gasteiger partial charge in [0, 0.05) is 31.5 Å². The highest BCUT2D eigenvalue weighted by Gasteiger charge is 2.38. The molecule has 1 aliphatic carbocycles. The summed E-state index contributed by atoms with van der Waals surface area (Å²) in [6.07, 6.45) is -3.44. The highest BCUT2D eigenvalue weighted by Crippen LogP contribution is 2.32. The zero-order chi connectivity index (χ0) is 18.4. The molecule has 0 radical (unpaired) electrons. The predicted molar refractivity (Wildman–Crippen MR) is 88.8 cm³/mol. The van der Waals surface area contributed by atoms with Gasteiger partial charge in [-0.15, -0.1) is 0 Å². The maximum Gasteiger partial charge on any atom is 0.431 e. The maximum absolute atomic E-state index is 13.1. The first-order valence-electron chi connectivity index (χ1n) is 7.76. The fourth-order valence-electron chi connectivity index (χ4n) is 2.47. The number of alkyl halides is 3. The van der Waals surface area contributed by atoms with E-state index in [1.807, 2.05) is 0 Å². The number of hydrogen-bond donors (Lipinski definition) is 1. The molecule has 0 unspecified atom stereocenters. The number of nitrogens with zero attached hydrogens (tertiary/aromatic N) is 2. The molecule has 1 aliphatic rings. The van der Waals surface area contributed by atoms with Crippen LogP contribution in [-0.2, 0) is 4.74 Å². The van der Waals surface area contributed by atoms with Gasteiger partial charge in [-0.05, 0) is 43.5 Å². The van der Waals surface area contributed by atoms with Crippen molar-refractivity contribution < 1.29 is 22.3 Å². The Kier molecular flexibility index (Phi) is 6.30. The third-order valence-corrected chi connectivity index (χ3v) is 3.65. The van der Waals surface area contributed by atoms with E-state index >= 15 is 0 Å². The van der Waals surface area contributed by atoms with E-state index in [4.69, 9.17) is 10.5 Å². The molecule has 0 aromatic heterocycles. The van der Waals surface area contributed by atoms with Gasteiger partial charge in [0.2, 0.25) is 0 Å². The molecule has 1 aromatic carbocycles. The summed E-state index contributed by atoms with van der Waals surface area (Å²) in [5, 5.41) is 0. The number of benzene rings is 1. The lowest BCUT2D eigenvalue weighted by atomic mass is 10.1. The van der Waals surface area contributed by atoms with Crippen molar-refractivity contribution in [2.45, 2.75) is 25.4 Å². The van der Waals surface area contributed by atoms with Crippen LogP contribution >= 0.6 is 0 Å². The summed E-state index contributed by atoms with van der Waals surface area (Å²) < 4.78 is 57.2. The second-order valence-electron chi connectivity index (χ2n) is 5.50. The lowest BCUT2D eigenvalue weighted by Crippen LogP contribution is -2.25. The van der Waals surface area contributed by atoms with Crippen molar-refractivity contribution in [2.75, 3.05) is 20.3 Å². The summed E-state index contributed by atoms with van der Waals surface area (Å²) in [7, 11) is 1.54. The van der Waals surface area contributed by atoms with Crippen LogP contribution in [0.15, 0.2) is 45.5 Å². The molecule has 0 amide bonds. The predicted octanol–water partition coefficient (Wildman–Crippen LogP) is 3.94. The van der Waals surface area contributed by atoms with E-state index in [1.165, 1.54) is 24.3 Å². The molecular formula is C17H19F4N3O. The molecule has 2 rings (SSSR count). The van der Waals surface area contributed by atoms with Crippen molar-refractivity contribution in [2.24, 2.45) is 15.7 Å². The molecule has 4 nitrogen and oxygen atoms in total. The van der Waals surface area contributed by atoms with Gasteiger partial charge in [0.25, 0.3) is 0 Å². The van der Waals surface area contributed by atoms with Crippen LogP contribution in [-0.4, -0.2) is 37.9 Å². The van der Waals surface area contributed by atoms with E-state index in [9.17, 15) is 17.6 Å².